The van der Waals surface area contributed by atoms with Crippen LogP contribution in [0.15, 0.2) is 60.7 Å². The van der Waals surface area contributed by atoms with Gasteiger partial charge in [-0.2, -0.15) is 0 Å². The Hall–Kier alpha value is -2.74. The van der Waals surface area contributed by atoms with Gasteiger partial charge in [0.25, 0.3) is 0 Å². The second-order valence-corrected chi connectivity index (χ2v) is 6.73. The zero-order chi connectivity index (χ0) is 20.4. The number of carbonyl (C=O) groups excluding carboxylic acids is 2. The highest BCUT2D eigenvalue weighted by Gasteiger charge is 2.20. The molecule has 0 unspecified atom stereocenters. The minimum Gasteiger partial charge on any atom is -0.394 e. The van der Waals surface area contributed by atoms with Crippen molar-refractivity contribution in [3.8, 4) is 0 Å². The Kier molecular flexibility index (Phi) is 8.61. The fraction of sp³-hybridized carbons (Fsp3) is 0.333. The summed E-state index contributed by atoms with van der Waals surface area (Å²) >= 11 is 0. The van der Waals surface area contributed by atoms with E-state index in [-0.39, 0.29) is 25.0 Å². The van der Waals surface area contributed by atoms with Crippen molar-refractivity contribution < 1.29 is 14.7 Å². The van der Waals surface area contributed by atoms with Crippen molar-refractivity contribution in [1.82, 2.24) is 10.6 Å². The molecule has 3 atom stereocenters. The molecule has 0 aliphatic carbocycles. The highest BCUT2D eigenvalue weighted by Crippen LogP contribution is 2.03. The molecule has 0 aromatic heterocycles. The van der Waals surface area contributed by atoms with Gasteiger partial charge in [0.2, 0.25) is 11.8 Å². The first-order chi connectivity index (χ1) is 13.5. The topological polar surface area (TPSA) is 130 Å². The van der Waals surface area contributed by atoms with Gasteiger partial charge < -0.3 is 27.2 Å². The van der Waals surface area contributed by atoms with Crippen LogP contribution < -0.4 is 22.1 Å². The van der Waals surface area contributed by atoms with Crippen LogP contribution in [0.5, 0.6) is 0 Å². The Labute approximate surface area is 165 Å². The van der Waals surface area contributed by atoms with Crippen molar-refractivity contribution in [3.05, 3.63) is 71.8 Å². The highest BCUT2D eigenvalue weighted by molar-refractivity contribution is 5.83. The number of aliphatic hydroxyl groups is 1. The number of benzene rings is 2. The third-order valence-electron chi connectivity index (χ3n) is 4.36. The van der Waals surface area contributed by atoms with E-state index in [2.05, 4.69) is 10.6 Å². The SMILES string of the molecule is N[C@@H](Cc1ccccc1)C(=O)NC[C@@H](CO)NC(=O)[C@@H](N)Cc1ccccc1. The molecular formula is C21H28N4O3. The van der Waals surface area contributed by atoms with Crippen molar-refractivity contribution in [3.63, 3.8) is 0 Å². The van der Waals surface area contributed by atoms with Crippen LogP contribution in [-0.2, 0) is 22.4 Å². The molecule has 7 heteroatoms. The molecule has 0 radical (unpaired) electrons. The smallest absolute Gasteiger partial charge is 0.237 e. The lowest BCUT2D eigenvalue weighted by molar-refractivity contribution is -0.125. The quantitative estimate of drug-likeness (QED) is 0.385. The van der Waals surface area contributed by atoms with Crippen molar-refractivity contribution >= 4 is 11.8 Å². The van der Waals surface area contributed by atoms with Gasteiger partial charge in [-0.05, 0) is 24.0 Å². The van der Waals surface area contributed by atoms with E-state index in [0.29, 0.717) is 12.8 Å². The van der Waals surface area contributed by atoms with Crippen LogP contribution in [0.4, 0.5) is 0 Å². The predicted octanol–water partition coefficient (Wildman–Crippen LogP) is -0.280. The number of nitrogens with one attached hydrogen (secondary N) is 2. The average Bonchev–Trinajstić information content (AvgIpc) is 2.72. The van der Waals surface area contributed by atoms with Crippen LogP contribution in [-0.4, -0.2) is 48.2 Å². The molecule has 2 amide bonds. The summed E-state index contributed by atoms with van der Waals surface area (Å²) in [4.78, 5) is 24.4. The second-order valence-electron chi connectivity index (χ2n) is 6.73. The summed E-state index contributed by atoms with van der Waals surface area (Å²) in [6.45, 7) is -0.250. The maximum Gasteiger partial charge on any atom is 0.237 e. The number of carbonyl (C=O) groups is 2. The third-order valence-corrected chi connectivity index (χ3v) is 4.36. The Morgan fingerprint density at radius 3 is 1.75 bits per heavy atom. The van der Waals surface area contributed by atoms with E-state index in [9.17, 15) is 14.7 Å². The maximum atomic E-state index is 12.3. The van der Waals surface area contributed by atoms with Crippen molar-refractivity contribution in [2.45, 2.75) is 31.0 Å². The van der Waals surface area contributed by atoms with E-state index in [1.165, 1.54) is 0 Å². The first kappa shape index (κ1) is 21.6. The zero-order valence-electron chi connectivity index (χ0n) is 15.8. The third kappa shape index (κ3) is 7.11. The highest BCUT2D eigenvalue weighted by atomic mass is 16.3. The largest absolute Gasteiger partial charge is 0.394 e. The number of hydrogen-bond acceptors (Lipinski definition) is 5. The molecule has 0 spiro atoms. The van der Waals surface area contributed by atoms with Crippen LogP contribution in [0.25, 0.3) is 0 Å². The summed E-state index contributed by atoms with van der Waals surface area (Å²) < 4.78 is 0. The minimum atomic E-state index is -0.743. The van der Waals surface area contributed by atoms with Gasteiger partial charge in [-0.15, -0.1) is 0 Å². The summed E-state index contributed by atoms with van der Waals surface area (Å²) in [6.07, 6.45) is 0.796. The fourth-order valence-electron chi connectivity index (χ4n) is 2.75. The monoisotopic (exact) mass is 384 g/mol. The van der Waals surface area contributed by atoms with Crippen LogP contribution >= 0.6 is 0 Å². The normalized spacial score (nSPS) is 14.0. The van der Waals surface area contributed by atoms with E-state index >= 15 is 0 Å². The van der Waals surface area contributed by atoms with Gasteiger partial charge in [-0.1, -0.05) is 60.7 Å². The van der Waals surface area contributed by atoms with E-state index in [1.54, 1.807) is 0 Å². The summed E-state index contributed by atoms with van der Waals surface area (Å²) in [5.74, 6) is -0.726. The second kappa shape index (κ2) is 11.2. The maximum absolute atomic E-state index is 12.3. The van der Waals surface area contributed by atoms with Gasteiger partial charge in [0, 0.05) is 6.54 Å². The lowest BCUT2D eigenvalue weighted by Gasteiger charge is -2.21. The van der Waals surface area contributed by atoms with Crippen LogP contribution in [0.1, 0.15) is 11.1 Å². The average molecular weight is 384 g/mol. The Morgan fingerprint density at radius 1 is 0.821 bits per heavy atom. The lowest BCUT2D eigenvalue weighted by Crippen LogP contribution is -2.53. The molecule has 0 aliphatic rings. The number of hydrogen-bond donors (Lipinski definition) is 5. The number of nitrogens with two attached hydrogens (primary N) is 2. The van der Waals surface area contributed by atoms with E-state index < -0.39 is 18.1 Å². The molecule has 0 aliphatic heterocycles. The summed E-state index contributed by atoms with van der Waals surface area (Å²) in [5, 5.41) is 14.8. The lowest BCUT2D eigenvalue weighted by atomic mass is 10.1. The van der Waals surface area contributed by atoms with Crippen LogP contribution in [0.2, 0.25) is 0 Å². The number of amides is 2. The summed E-state index contributed by atoms with van der Waals surface area (Å²) in [6, 6.07) is 16.8. The molecule has 2 aromatic carbocycles. The predicted molar refractivity (Wildman–Crippen MR) is 108 cm³/mol. The molecular weight excluding hydrogens is 356 g/mol. The number of aliphatic hydroxyl groups excluding tert-OH is 1. The zero-order valence-corrected chi connectivity index (χ0v) is 15.8. The standard InChI is InChI=1S/C21H28N4O3/c22-18(11-15-7-3-1-4-8-15)20(27)24-13-17(14-26)25-21(28)19(23)12-16-9-5-2-6-10-16/h1-10,17-19,26H,11-14,22-23H2,(H,24,27)(H,25,28)/t17-,18-,19-/m0/s1. The first-order valence-corrected chi connectivity index (χ1v) is 9.27. The molecule has 0 bridgehead atoms. The van der Waals surface area contributed by atoms with Crippen molar-refractivity contribution in [2.75, 3.05) is 13.2 Å². The van der Waals surface area contributed by atoms with E-state index in [1.807, 2.05) is 60.7 Å². The van der Waals surface area contributed by atoms with E-state index in [0.717, 1.165) is 11.1 Å². The van der Waals surface area contributed by atoms with Crippen molar-refractivity contribution in [1.29, 1.82) is 0 Å². The molecule has 2 aromatic rings. The van der Waals surface area contributed by atoms with Gasteiger partial charge in [0.15, 0.2) is 0 Å². The van der Waals surface area contributed by atoms with Crippen molar-refractivity contribution in [2.24, 2.45) is 11.5 Å². The number of rotatable bonds is 10. The first-order valence-electron chi connectivity index (χ1n) is 9.27. The molecule has 150 valence electrons. The Bertz CT molecular complexity index is 740. The molecule has 7 N–H and O–H groups in total. The Balaban J connectivity index is 1.77. The molecule has 7 nitrogen and oxygen atoms in total. The van der Waals surface area contributed by atoms with Gasteiger partial charge in [0.05, 0.1) is 24.7 Å². The summed E-state index contributed by atoms with van der Waals surface area (Å²) in [7, 11) is 0. The van der Waals surface area contributed by atoms with Gasteiger partial charge in [-0.3, -0.25) is 9.59 Å². The summed E-state index contributed by atoms with van der Waals surface area (Å²) in [5.41, 5.74) is 13.8. The molecule has 0 heterocycles. The minimum absolute atomic E-state index is 0.0711. The van der Waals surface area contributed by atoms with E-state index in [4.69, 9.17) is 11.5 Å². The molecule has 0 saturated carbocycles. The van der Waals surface area contributed by atoms with Gasteiger partial charge in [-0.25, -0.2) is 0 Å². The molecule has 0 saturated heterocycles. The van der Waals surface area contributed by atoms with Crippen LogP contribution in [0.3, 0.4) is 0 Å². The molecule has 0 fully saturated rings. The van der Waals surface area contributed by atoms with Gasteiger partial charge >= 0.3 is 0 Å². The molecule has 2 rings (SSSR count). The van der Waals surface area contributed by atoms with Crippen LogP contribution in [0, 0.1) is 0 Å². The fourth-order valence-corrected chi connectivity index (χ4v) is 2.75. The Morgan fingerprint density at radius 2 is 1.29 bits per heavy atom. The van der Waals surface area contributed by atoms with Gasteiger partial charge in [0.1, 0.15) is 0 Å². The molecule has 28 heavy (non-hydrogen) atoms.